The largest absolute Gasteiger partial charge is 0.384 e. The molecular formula is C14H21NO3. The van der Waals surface area contributed by atoms with Crippen LogP contribution in [-0.4, -0.2) is 37.6 Å². The molecule has 4 heteroatoms. The molecule has 0 radical (unpaired) electrons. The molecule has 0 amide bonds. The van der Waals surface area contributed by atoms with Crippen molar-refractivity contribution < 1.29 is 14.6 Å². The monoisotopic (exact) mass is 251 g/mol. The number of aliphatic hydroxyl groups is 1. The average Bonchev–Trinajstić information content (AvgIpc) is 2.93. The van der Waals surface area contributed by atoms with Crippen molar-refractivity contribution in [2.24, 2.45) is 5.73 Å². The lowest BCUT2D eigenvalue weighted by Crippen LogP contribution is -2.36. The zero-order chi connectivity index (χ0) is 12.8. The SMILES string of the molecule is NCC(O)(CCOC1CCOC1)c1ccccc1. The minimum absolute atomic E-state index is 0.169. The molecule has 0 spiro atoms. The Morgan fingerprint density at radius 2 is 2.17 bits per heavy atom. The fourth-order valence-electron chi connectivity index (χ4n) is 2.15. The van der Waals surface area contributed by atoms with Crippen LogP contribution in [0.4, 0.5) is 0 Å². The second-order valence-corrected chi connectivity index (χ2v) is 4.71. The smallest absolute Gasteiger partial charge is 0.104 e. The van der Waals surface area contributed by atoms with Crippen LogP contribution in [0, 0.1) is 0 Å². The van der Waals surface area contributed by atoms with E-state index in [1.807, 2.05) is 30.3 Å². The summed E-state index contributed by atoms with van der Waals surface area (Å²) in [6.45, 7) is 2.12. The van der Waals surface area contributed by atoms with Gasteiger partial charge < -0.3 is 20.3 Å². The van der Waals surface area contributed by atoms with E-state index in [1.165, 1.54) is 0 Å². The predicted octanol–water partition coefficient (Wildman–Crippen LogP) is 1.03. The lowest BCUT2D eigenvalue weighted by Gasteiger charge is -2.27. The summed E-state index contributed by atoms with van der Waals surface area (Å²) >= 11 is 0. The van der Waals surface area contributed by atoms with Crippen molar-refractivity contribution in [1.82, 2.24) is 0 Å². The van der Waals surface area contributed by atoms with Crippen LogP contribution in [0.5, 0.6) is 0 Å². The van der Waals surface area contributed by atoms with Gasteiger partial charge in [-0.15, -0.1) is 0 Å². The van der Waals surface area contributed by atoms with E-state index < -0.39 is 5.60 Å². The molecule has 1 aliphatic rings. The van der Waals surface area contributed by atoms with Gasteiger partial charge >= 0.3 is 0 Å². The van der Waals surface area contributed by atoms with Crippen LogP contribution in [0.2, 0.25) is 0 Å². The van der Waals surface area contributed by atoms with Crippen LogP contribution in [0.15, 0.2) is 30.3 Å². The first-order chi connectivity index (χ1) is 8.74. The van der Waals surface area contributed by atoms with Crippen LogP contribution in [-0.2, 0) is 15.1 Å². The highest BCUT2D eigenvalue weighted by Gasteiger charge is 2.28. The first-order valence-electron chi connectivity index (χ1n) is 6.42. The Morgan fingerprint density at radius 3 is 2.78 bits per heavy atom. The molecule has 0 saturated carbocycles. The summed E-state index contributed by atoms with van der Waals surface area (Å²) in [6, 6.07) is 9.52. The maximum atomic E-state index is 10.5. The first-order valence-corrected chi connectivity index (χ1v) is 6.42. The van der Waals surface area contributed by atoms with Gasteiger partial charge in [0.1, 0.15) is 5.60 Å². The molecule has 0 aromatic heterocycles. The molecule has 2 atom stereocenters. The topological polar surface area (TPSA) is 64.7 Å². The molecule has 4 nitrogen and oxygen atoms in total. The van der Waals surface area contributed by atoms with Gasteiger partial charge in [-0.1, -0.05) is 30.3 Å². The second-order valence-electron chi connectivity index (χ2n) is 4.71. The summed E-state index contributed by atoms with van der Waals surface area (Å²) in [4.78, 5) is 0. The van der Waals surface area contributed by atoms with Crippen LogP contribution in [0.1, 0.15) is 18.4 Å². The molecule has 1 aliphatic heterocycles. The lowest BCUT2D eigenvalue weighted by molar-refractivity contribution is -0.0208. The van der Waals surface area contributed by atoms with Crippen molar-refractivity contribution in [2.75, 3.05) is 26.4 Å². The Labute approximate surface area is 108 Å². The molecule has 2 unspecified atom stereocenters. The fourth-order valence-corrected chi connectivity index (χ4v) is 2.15. The van der Waals surface area contributed by atoms with Crippen LogP contribution in [0.3, 0.4) is 0 Å². The van der Waals surface area contributed by atoms with Gasteiger partial charge in [-0.05, 0) is 12.0 Å². The molecule has 1 fully saturated rings. The van der Waals surface area contributed by atoms with Crippen molar-refractivity contribution in [2.45, 2.75) is 24.5 Å². The number of rotatable bonds is 6. The summed E-state index contributed by atoms with van der Waals surface area (Å²) in [5.41, 5.74) is 5.55. The van der Waals surface area contributed by atoms with E-state index in [1.54, 1.807) is 0 Å². The van der Waals surface area contributed by atoms with E-state index in [-0.39, 0.29) is 12.6 Å². The van der Waals surface area contributed by atoms with Crippen LogP contribution < -0.4 is 5.73 Å². The Hall–Kier alpha value is -0.940. The number of hydrogen-bond acceptors (Lipinski definition) is 4. The maximum absolute atomic E-state index is 10.5. The molecule has 3 N–H and O–H groups in total. The Bertz CT molecular complexity index is 351. The highest BCUT2D eigenvalue weighted by molar-refractivity contribution is 5.22. The normalized spacial score (nSPS) is 22.9. The molecule has 1 heterocycles. The van der Waals surface area contributed by atoms with Crippen LogP contribution >= 0.6 is 0 Å². The van der Waals surface area contributed by atoms with E-state index in [2.05, 4.69) is 0 Å². The summed E-state index contributed by atoms with van der Waals surface area (Å²) < 4.78 is 10.9. The van der Waals surface area contributed by atoms with E-state index >= 15 is 0 Å². The Balaban J connectivity index is 1.87. The van der Waals surface area contributed by atoms with Crippen molar-refractivity contribution >= 4 is 0 Å². The fraction of sp³-hybridized carbons (Fsp3) is 0.571. The minimum Gasteiger partial charge on any atom is -0.384 e. The lowest BCUT2D eigenvalue weighted by atomic mass is 9.91. The van der Waals surface area contributed by atoms with Gasteiger partial charge in [0, 0.05) is 19.6 Å². The Morgan fingerprint density at radius 1 is 1.39 bits per heavy atom. The number of ether oxygens (including phenoxy) is 2. The number of hydrogen-bond donors (Lipinski definition) is 2. The summed E-state index contributed by atoms with van der Waals surface area (Å²) in [5, 5.41) is 10.5. The highest BCUT2D eigenvalue weighted by Crippen LogP contribution is 2.24. The number of benzene rings is 1. The predicted molar refractivity (Wildman–Crippen MR) is 69.2 cm³/mol. The second kappa shape index (κ2) is 6.29. The third kappa shape index (κ3) is 3.29. The zero-order valence-corrected chi connectivity index (χ0v) is 10.5. The van der Waals surface area contributed by atoms with Crippen molar-refractivity contribution in [1.29, 1.82) is 0 Å². The molecule has 0 aliphatic carbocycles. The van der Waals surface area contributed by atoms with E-state index in [9.17, 15) is 5.11 Å². The van der Waals surface area contributed by atoms with Gasteiger partial charge in [-0.3, -0.25) is 0 Å². The molecule has 18 heavy (non-hydrogen) atoms. The third-order valence-electron chi connectivity index (χ3n) is 3.41. The average molecular weight is 251 g/mol. The first kappa shape index (κ1) is 13.5. The molecule has 100 valence electrons. The van der Waals surface area contributed by atoms with Gasteiger partial charge in [-0.25, -0.2) is 0 Å². The van der Waals surface area contributed by atoms with Gasteiger partial charge in [-0.2, -0.15) is 0 Å². The molecule has 1 aromatic rings. The van der Waals surface area contributed by atoms with Gasteiger partial charge in [0.05, 0.1) is 19.3 Å². The highest BCUT2D eigenvalue weighted by atomic mass is 16.5. The van der Waals surface area contributed by atoms with Gasteiger partial charge in [0.15, 0.2) is 0 Å². The Kier molecular flexibility index (Phi) is 4.72. The van der Waals surface area contributed by atoms with E-state index in [0.29, 0.717) is 19.6 Å². The zero-order valence-electron chi connectivity index (χ0n) is 10.5. The van der Waals surface area contributed by atoms with Gasteiger partial charge in [0.25, 0.3) is 0 Å². The molecule has 2 rings (SSSR count). The minimum atomic E-state index is -0.999. The van der Waals surface area contributed by atoms with Crippen LogP contribution in [0.25, 0.3) is 0 Å². The standard InChI is InChI=1S/C14H21NO3/c15-11-14(16,12-4-2-1-3-5-12)7-9-18-13-6-8-17-10-13/h1-5,13,16H,6-11,15H2. The number of nitrogens with two attached hydrogens (primary N) is 1. The van der Waals surface area contributed by atoms with Crippen molar-refractivity contribution in [3.8, 4) is 0 Å². The molecule has 0 bridgehead atoms. The molecule has 1 aromatic carbocycles. The molecule has 1 saturated heterocycles. The summed E-state index contributed by atoms with van der Waals surface area (Å²) in [6.07, 6.45) is 1.61. The molecular weight excluding hydrogens is 230 g/mol. The van der Waals surface area contributed by atoms with Gasteiger partial charge in [0.2, 0.25) is 0 Å². The third-order valence-corrected chi connectivity index (χ3v) is 3.41. The maximum Gasteiger partial charge on any atom is 0.104 e. The summed E-state index contributed by atoms with van der Waals surface area (Å²) in [5.74, 6) is 0. The quantitative estimate of drug-likeness (QED) is 0.792. The van der Waals surface area contributed by atoms with E-state index in [4.69, 9.17) is 15.2 Å². The van der Waals surface area contributed by atoms with E-state index in [0.717, 1.165) is 18.6 Å². The van der Waals surface area contributed by atoms with Crippen molar-refractivity contribution in [3.05, 3.63) is 35.9 Å². The summed E-state index contributed by atoms with van der Waals surface area (Å²) in [7, 11) is 0. The van der Waals surface area contributed by atoms with Crippen molar-refractivity contribution in [3.63, 3.8) is 0 Å².